The van der Waals surface area contributed by atoms with Gasteiger partial charge < -0.3 is 14.5 Å². The molecule has 1 spiro atoms. The molecule has 1 aromatic rings. The van der Waals surface area contributed by atoms with E-state index in [1.807, 2.05) is 38.7 Å². The quantitative estimate of drug-likeness (QED) is 0.738. The summed E-state index contributed by atoms with van der Waals surface area (Å²) in [6.07, 6.45) is 1.65. The highest BCUT2D eigenvalue weighted by molar-refractivity contribution is 6.06. The van der Waals surface area contributed by atoms with E-state index in [4.69, 9.17) is 4.74 Å². The lowest BCUT2D eigenvalue weighted by molar-refractivity contribution is -0.120. The minimum atomic E-state index is -0.511. The van der Waals surface area contributed by atoms with Gasteiger partial charge in [-0.15, -0.1) is 0 Å². The molecule has 1 N–H and O–H groups in total. The summed E-state index contributed by atoms with van der Waals surface area (Å²) in [6.45, 7) is 10.3. The number of nitrogens with one attached hydrogen (secondary N) is 1. The van der Waals surface area contributed by atoms with Gasteiger partial charge in [0, 0.05) is 55.8 Å². The molecule has 0 atom stereocenters. The Morgan fingerprint density at radius 2 is 1.70 bits per heavy atom. The average molecular weight is 457 g/mol. The number of rotatable bonds is 2. The zero-order chi connectivity index (χ0) is 24.0. The van der Waals surface area contributed by atoms with Crippen molar-refractivity contribution in [3.8, 4) is 0 Å². The summed E-state index contributed by atoms with van der Waals surface area (Å²) in [7, 11) is 0. The highest BCUT2D eigenvalue weighted by Crippen LogP contribution is 2.41. The van der Waals surface area contributed by atoms with Gasteiger partial charge in [0.1, 0.15) is 5.60 Å². The molecule has 0 aromatic heterocycles. The number of hydrogen-bond donors (Lipinski definition) is 1. The van der Waals surface area contributed by atoms with Crippen molar-refractivity contribution in [1.82, 2.24) is 15.1 Å². The van der Waals surface area contributed by atoms with Crippen LogP contribution in [0.1, 0.15) is 56.0 Å². The number of carbonyl (C=O) groups excluding carboxylic acids is 4. The zero-order valence-electron chi connectivity index (χ0n) is 19.8. The van der Waals surface area contributed by atoms with Gasteiger partial charge in [-0.3, -0.25) is 19.8 Å². The van der Waals surface area contributed by atoms with Gasteiger partial charge in [-0.05, 0) is 58.2 Å². The van der Waals surface area contributed by atoms with Gasteiger partial charge >= 0.3 is 12.1 Å². The molecule has 0 saturated carbocycles. The lowest BCUT2D eigenvalue weighted by Gasteiger charge is -2.53. The predicted octanol–water partition coefficient (Wildman–Crippen LogP) is 2.91. The molecular formula is C24H32N4O5. The SMILES string of the molecule is Cc1ccc(C(=O)N2CC3(CCN(C(=O)OC(C)(C)C)CC3)C2)cc1N1CCC(=O)NC1=O. The van der Waals surface area contributed by atoms with Crippen LogP contribution in [0.3, 0.4) is 0 Å². The van der Waals surface area contributed by atoms with Crippen molar-refractivity contribution < 1.29 is 23.9 Å². The number of amides is 5. The van der Waals surface area contributed by atoms with E-state index < -0.39 is 11.6 Å². The molecule has 3 aliphatic rings. The van der Waals surface area contributed by atoms with Crippen molar-refractivity contribution in [2.45, 2.75) is 52.6 Å². The average Bonchev–Trinajstić information content (AvgIpc) is 2.71. The highest BCUT2D eigenvalue weighted by Gasteiger charge is 2.47. The molecule has 0 unspecified atom stereocenters. The minimum absolute atomic E-state index is 0.0504. The third-order valence-corrected chi connectivity index (χ3v) is 6.62. The fraction of sp³-hybridized carbons (Fsp3) is 0.583. The van der Waals surface area contributed by atoms with Gasteiger partial charge in [-0.25, -0.2) is 9.59 Å². The Labute approximate surface area is 194 Å². The van der Waals surface area contributed by atoms with Crippen molar-refractivity contribution >= 4 is 29.6 Å². The number of imide groups is 1. The number of aryl methyl sites for hydroxylation is 1. The summed E-state index contributed by atoms with van der Waals surface area (Å²) >= 11 is 0. The lowest BCUT2D eigenvalue weighted by Crippen LogP contribution is -2.62. The van der Waals surface area contributed by atoms with Crippen molar-refractivity contribution in [2.24, 2.45) is 5.41 Å². The molecule has 4 rings (SSSR count). The molecule has 0 bridgehead atoms. The van der Waals surface area contributed by atoms with Crippen molar-refractivity contribution in [3.05, 3.63) is 29.3 Å². The van der Waals surface area contributed by atoms with Crippen LogP contribution >= 0.6 is 0 Å². The summed E-state index contributed by atoms with van der Waals surface area (Å²) in [5, 5.41) is 2.33. The first-order chi connectivity index (χ1) is 15.5. The third kappa shape index (κ3) is 4.82. The minimum Gasteiger partial charge on any atom is -0.444 e. The second-order valence-corrected chi connectivity index (χ2v) is 10.4. The molecular weight excluding hydrogens is 424 g/mol. The topological polar surface area (TPSA) is 99.3 Å². The van der Waals surface area contributed by atoms with Gasteiger partial charge in [-0.1, -0.05) is 6.07 Å². The van der Waals surface area contributed by atoms with Crippen LogP contribution in [0.2, 0.25) is 0 Å². The molecule has 178 valence electrons. The van der Waals surface area contributed by atoms with Crippen LogP contribution in [0.15, 0.2) is 18.2 Å². The largest absolute Gasteiger partial charge is 0.444 e. The van der Waals surface area contributed by atoms with E-state index in [1.54, 1.807) is 17.0 Å². The van der Waals surface area contributed by atoms with E-state index in [0.717, 1.165) is 18.4 Å². The number of hydrogen-bond acceptors (Lipinski definition) is 5. The second kappa shape index (κ2) is 8.35. The zero-order valence-corrected chi connectivity index (χ0v) is 19.8. The van der Waals surface area contributed by atoms with Gasteiger partial charge in [0.15, 0.2) is 0 Å². The number of carbonyl (C=O) groups is 4. The standard InChI is InChI=1S/C24H32N4O5/c1-16-5-6-17(13-18(16)28-10-7-19(29)25-21(28)31)20(30)27-14-24(15-27)8-11-26(12-9-24)22(32)33-23(2,3)4/h5-6,13H,7-12,14-15H2,1-4H3,(H,25,29,31). The molecule has 9 nitrogen and oxygen atoms in total. The number of ether oxygens (including phenoxy) is 1. The number of anilines is 1. The van der Waals surface area contributed by atoms with Crippen LogP contribution in [0.4, 0.5) is 15.3 Å². The smallest absolute Gasteiger partial charge is 0.410 e. The summed E-state index contributed by atoms with van der Waals surface area (Å²) in [4.78, 5) is 54.3. The Morgan fingerprint density at radius 1 is 1.03 bits per heavy atom. The maximum atomic E-state index is 13.1. The van der Waals surface area contributed by atoms with Gasteiger partial charge in [0.2, 0.25) is 5.91 Å². The van der Waals surface area contributed by atoms with E-state index in [1.165, 1.54) is 4.90 Å². The Bertz CT molecular complexity index is 983. The molecule has 0 aliphatic carbocycles. The lowest BCUT2D eigenvalue weighted by atomic mass is 9.72. The Morgan fingerprint density at radius 3 is 2.30 bits per heavy atom. The Kier molecular flexibility index (Phi) is 5.84. The van der Waals surface area contributed by atoms with Crippen LogP contribution < -0.4 is 10.2 Å². The first kappa shape index (κ1) is 23.1. The Balaban J connectivity index is 1.36. The van der Waals surface area contributed by atoms with Gasteiger partial charge in [0.05, 0.1) is 0 Å². The molecule has 0 radical (unpaired) electrons. The maximum Gasteiger partial charge on any atom is 0.410 e. The number of piperidine rings is 1. The molecule has 3 saturated heterocycles. The summed E-state index contributed by atoms with van der Waals surface area (Å²) in [5.41, 5.74) is 1.58. The normalized spacial score (nSPS) is 20.4. The number of benzene rings is 1. The van der Waals surface area contributed by atoms with Crippen LogP contribution in [-0.4, -0.2) is 72.1 Å². The van der Waals surface area contributed by atoms with Crippen molar-refractivity contribution in [3.63, 3.8) is 0 Å². The van der Waals surface area contributed by atoms with Crippen molar-refractivity contribution in [2.75, 3.05) is 37.6 Å². The third-order valence-electron chi connectivity index (χ3n) is 6.62. The fourth-order valence-corrected chi connectivity index (χ4v) is 4.72. The molecule has 1 aromatic carbocycles. The Hall–Kier alpha value is -3.10. The van der Waals surface area contributed by atoms with Crippen LogP contribution in [0.25, 0.3) is 0 Å². The summed E-state index contributed by atoms with van der Waals surface area (Å²) in [6, 6.07) is 4.90. The van der Waals surface area contributed by atoms with E-state index in [9.17, 15) is 19.2 Å². The van der Waals surface area contributed by atoms with Crippen LogP contribution in [0.5, 0.6) is 0 Å². The molecule has 3 heterocycles. The second-order valence-electron chi connectivity index (χ2n) is 10.4. The van der Waals surface area contributed by atoms with E-state index in [0.29, 0.717) is 44.0 Å². The first-order valence-corrected chi connectivity index (χ1v) is 11.5. The molecule has 33 heavy (non-hydrogen) atoms. The van der Waals surface area contributed by atoms with E-state index in [-0.39, 0.29) is 29.7 Å². The number of urea groups is 1. The maximum absolute atomic E-state index is 13.1. The fourth-order valence-electron chi connectivity index (χ4n) is 4.72. The summed E-state index contributed by atoms with van der Waals surface area (Å²) in [5.74, 6) is -0.352. The van der Waals surface area contributed by atoms with Crippen LogP contribution in [0, 0.1) is 12.3 Å². The van der Waals surface area contributed by atoms with Crippen LogP contribution in [-0.2, 0) is 9.53 Å². The monoisotopic (exact) mass is 456 g/mol. The molecule has 3 fully saturated rings. The first-order valence-electron chi connectivity index (χ1n) is 11.5. The van der Waals surface area contributed by atoms with Crippen molar-refractivity contribution in [1.29, 1.82) is 0 Å². The summed E-state index contributed by atoms with van der Waals surface area (Å²) < 4.78 is 5.47. The predicted molar refractivity (Wildman–Crippen MR) is 122 cm³/mol. The number of nitrogens with zero attached hydrogens (tertiary/aromatic N) is 3. The molecule has 5 amide bonds. The van der Waals surface area contributed by atoms with Gasteiger partial charge in [-0.2, -0.15) is 0 Å². The van der Waals surface area contributed by atoms with E-state index >= 15 is 0 Å². The van der Waals surface area contributed by atoms with E-state index in [2.05, 4.69) is 5.32 Å². The van der Waals surface area contributed by atoms with Gasteiger partial charge in [0.25, 0.3) is 5.91 Å². The molecule has 9 heteroatoms. The highest BCUT2D eigenvalue weighted by atomic mass is 16.6. The molecule has 3 aliphatic heterocycles. The number of likely N-dealkylation sites (tertiary alicyclic amines) is 2.